The molecule has 5 nitrogen and oxygen atoms in total. The Morgan fingerprint density at radius 3 is 2.52 bits per heavy atom. The number of allylic oxidation sites excluding steroid dienone is 1. The number of amides is 1. The van der Waals surface area contributed by atoms with Gasteiger partial charge in [-0.05, 0) is 56.7 Å². The van der Waals surface area contributed by atoms with E-state index in [0.29, 0.717) is 21.8 Å². The van der Waals surface area contributed by atoms with Crippen LogP contribution in [0.1, 0.15) is 47.1 Å². The summed E-state index contributed by atoms with van der Waals surface area (Å²) in [4.78, 5) is 39.0. The van der Waals surface area contributed by atoms with Crippen LogP contribution in [-0.4, -0.2) is 23.2 Å². The molecule has 2 aromatic carbocycles. The summed E-state index contributed by atoms with van der Waals surface area (Å²) in [6, 6.07) is 9.55. The van der Waals surface area contributed by atoms with Crippen molar-refractivity contribution >= 4 is 40.5 Å². The summed E-state index contributed by atoms with van der Waals surface area (Å²) in [6.45, 7) is 5.67. The monoisotopic (exact) mass is 381 g/mol. The molecule has 2 aromatic rings. The molecule has 0 aromatic heterocycles. The molecule has 0 fully saturated rings. The van der Waals surface area contributed by atoms with Gasteiger partial charge in [-0.3, -0.25) is 14.5 Å². The van der Waals surface area contributed by atoms with Crippen molar-refractivity contribution in [2.75, 3.05) is 4.90 Å². The summed E-state index contributed by atoms with van der Waals surface area (Å²) in [6.07, 6.45) is 1.93. The zero-order chi connectivity index (χ0) is 19.5. The minimum Gasteiger partial charge on any atom is -0.423 e. The molecule has 6 heteroatoms. The van der Waals surface area contributed by atoms with E-state index in [1.807, 2.05) is 26.8 Å². The van der Waals surface area contributed by atoms with Crippen molar-refractivity contribution in [3.63, 3.8) is 0 Å². The van der Waals surface area contributed by atoms with E-state index < -0.39 is 23.2 Å². The number of nitrogens with zero attached hydrogens (tertiary/aromatic N) is 1. The van der Waals surface area contributed by atoms with Gasteiger partial charge in [0.15, 0.2) is 0 Å². The van der Waals surface area contributed by atoms with Crippen LogP contribution in [0.4, 0.5) is 5.69 Å². The molecule has 0 unspecified atom stereocenters. The molecule has 0 spiro atoms. The first-order valence-corrected chi connectivity index (χ1v) is 8.81. The molecule has 0 saturated carbocycles. The first-order valence-electron chi connectivity index (χ1n) is 8.43. The Labute approximate surface area is 161 Å². The average Bonchev–Trinajstić information content (AvgIpc) is 2.85. The van der Waals surface area contributed by atoms with Crippen LogP contribution >= 0.6 is 11.6 Å². The zero-order valence-corrected chi connectivity index (χ0v) is 15.8. The Balaban J connectivity index is 1.79. The summed E-state index contributed by atoms with van der Waals surface area (Å²) < 4.78 is 5.46. The summed E-state index contributed by atoms with van der Waals surface area (Å²) >= 11 is 5.92. The number of benzene rings is 2. The fourth-order valence-corrected chi connectivity index (χ4v) is 3.89. The third-order valence-electron chi connectivity index (χ3n) is 4.79. The van der Waals surface area contributed by atoms with Gasteiger partial charge in [0, 0.05) is 10.6 Å². The Kier molecular flexibility index (Phi) is 3.75. The fraction of sp³-hybridized carbons (Fsp3) is 0.190. The Bertz CT molecular complexity index is 1070. The molecule has 0 saturated heterocycles. The van der Waals surface area contributed by atoms with E-state index in [1.54, 1.807) is 24.3 Å². The van der Waals surface area contributed by atoms with Crippen LogP contribution in [0, 0.1) is 0 Å². The number of carbonyl (C=O) groups excluding carboxylic acids is 3. The minimum atomic E-state index is -0.603. The number of halogens is 1. The number of ether oxygens (including phenoxy) is 1. The van der Waals surface area contributed by atoms with E-state index in [9.17, 15) is 14.4 Å². The lowest BCUT2D eigenvalue weighted by atomic mass is 9.89. The maximum Gasteiger partial charge on any atom is 0.343 e. The molecule has 0 aliphatic carbocycles. The van der Waals surface area contributed by atoms with E-state index in [1.165, 1.54) is 17.0 Å². The van der Waals surface area contributed by atoms with Gasteiger partial charge in [-0.2, -0.15) is 0 Å². The van der Waals surface area contributed by atoms with Gasteiger partial charge in [0.2, 0.25) is 0 Å². The summed E-state index contributed by atoms with van der Waals surface area (Å²) in [5.41, 5.74) is 2.16. The standard InChI is InChI=1S/C21H16ClNO4/c1-11-10-21(2,3)23-17-15(11)8-14(9-16(17)18(24)19(23)25)27-20(26)12-5-4-6-13(22)7-12/h4-10H,1-3H3. The van der Waals surface area contributed by atoms with Crippen LogP contribution in [0.25, 0.3) is 5.57 Å². The van der Waals surface area contributed by atoms with Crippen molar-refractivity contribution < 1.29 is 19.1 Å². The number of hydrogen-bond acceptors (Lipinski definition) is 4. The van der Waals surface area contributed by atoms with Gasteiger partial charge in [-0.1, -0.05) is 23.7 Å². The molecule has 27 heavy (non-hydrogen) atoms. The predicted octanol–water partition coefficient (Wildman–Crippen LogP) is 4.28. The number of esters is 1. The molecule has 2 aliphatic rings. The lowest BCUT2D eigenvalue weighted by Crippen LogP contribution is -2.47. The number of anilines is 1. The highest BCUT2D eigenvalue weighted by atomic mass is 35.5. The summed E-state index contributed by atoms with van der Waals surface area (Å²) in [5, 5.41) is 0.422. The van der Waals surface area contributed by atoms with Crippen LogP contribution in [0.15, 0.2) is 42.5 Å². The smallest absolute Gasteiger partial charge is 0.343 e. The zero-order valence-electron chi connectivity index (χ0n) is 15.0. The van der Waals surface area contributed by atoms with Gasteiger partial charge < -0.3 is 4.74 Å². The van der Waals surface area contributed by atoms with Gasteiger partial charge in [0.05, 0.1) is 22.4 Å². The molecule has 1 amide bonds. The van der Waals surface area contributed by atoms with Gasteiger partial charge >= 0.3 is 5.97 Å². The highest BCUT2D eigenvalue weighted by Crippen LogP contribution is 2.46. The second-order valence-corrected chi connectivity index (χ2v) is 7.65. The highest BCUT2D eigenvalue weighted by Gasteiger charge is 2.47. The van der Waals surface area contributed by atoms with Crippen LogP contribution < -0.4 is 9.64 Å². The van der Waals surface area contributed by atoms with Gasteiger partial charge in [-0.25, -0.2) is 4.79 Å². The quantitative estimate of drug-likeness (QED) is 0.442. The second kappa shape index (κ2) is 5.79. The number of hydrogen-bond donors (Lipinski definition) is 0. The fourth-order valence-electron chi connectivity index (χ4n) is 3.70. The van der Waals surface area contributed by atoms with Crippen LogP contribution in [-0.2, 0) is 4.79 Å². The molecule has 0 atom stereocenters. The van der Waals surface area contributed by atoms with Crippen LogP contribution in [0.2, 0.25) is 5.02 Å². The van der Waals surface area contributed by atoms with Crippen molar-refractivity contribution in [1.29, 1.82) is 0 Å². The molecule has 136 valence electrons. The Morgan fingerprint density at radius 2 is 1.81 bits per heavy atom. The topological polar surface area (TPSA) is 63.7 Å². The first kappa shape index (κ1) is 17.5. The normalized spacial score (nSPS) is 16.9. The number of ketones is 1. The largest absolute Gasteiger partial charge is 0.423 e. The van der Waals surface area contributed by atoms with Crippen molar-refractivity contribution in [3.8, 4) is 5.75 Å². The maximum absolute atomic E-state index is 12.5. The van der Waals surface area contributed by atoms with E-state index in [4.69, 9.17) is 16.3 Å². The van der Waals surface area contributed by atoms with Crippen molar-refractivity contribution in [2.24, 2.45) is 0 Å². The van der Waals surface area contributed by atoms with E-state index >= 15 is 0 Å². The van der Waals surface area contributed by atoms with Crippen LogP contribution in [0.3, 0.4) is 0 Å². The minimum absolute atomic E-state index is 0.212. The first-order chi connectivity index (χ1) is 12.7. The number of carbonyl (C=O) groups is 3. The highest BCUT2D eigenvalue weighted by molar-refractivity contribution is 6.53. The Hall–Kier alpha value is -2.92. The third-order valence-corrected chi connectivity index (χ3v) is 5.03. The van der Waals surface area contributed by atoms with Crippen molar-refractivity contribution in [1.82, 2.24) is 0 Å². The van der Waals surface area contributed by atoms with Gasteiger partial charge in [0.25, 0.3) is 11.7 Å². The lowest BCUT2D eigenvalue weighted by Gasteiger charge is -2.38. The molecule has 0 bridgehead atoms. The molecular formula is C21H16ClNO4. The second-order valence-electron chi connectivity index (χ2n) is 7.22. The maximum atomic E-state index is 12.5. The number of rotatable bonds is 2. The lowest BCUT2D eigenvalue weighted by molar-refractivity contribution is -0.115. The molecule has 2 heterocycles. The molecule has 2 aliphatic heterocycles. The van der Waals surface area contributed by atoms with E-state index in [-0.39, 0.29) is 11.3 Å². The van der Waals surface area contributed by atoms with Crippen LogP contribution in [0.5, 0.6) is 5.75 Å². The molecular weight excluding hydrogens is 366 g/mol. The SMILES string of the molecule is CC1=CC(C)(C)N2C(=O)C(=O)c3cc(OC(=O)c4cccc(Cl)c4)cc1c32. The van der Waals surface area contributed by atoms with Gasteiger partial charge in [-0.15, -0.1) is 0 Å². The third kappa shape index (κ3) is 2.66. The van der Waals surface area contributed by atoms with Crippen molar-refractivity contribution in [2.45, 2.75) is 26.3 Å². The van der Waals surface area contributed by atoms with E-state index in [2.05, 4.69) is 0 Å². The summed E-state index contributed by atoms with van der Waals surface area (Å²) in [7, 11) is 0. The Morgan fingerprint density at radius 1 is 1.11 bits per heavy atom. The molecule has 4 rings (SSSR count). The molecule has 0 N–H and O–H groups in total. The van der Waals surface area contributed by atoms with Gasteiger partial charge in [0.1, 0.15) is 5.75 Å². The van der Waals surface area contributed by atoms with E-state index in [0.717, 1.165) is 5.57 Å². The predicted molar refractivity (Wildman–Crippen MR) is 102 cm³/mol. The van der Waals surface area contributed by atoms with Crippen molar-refractivity contribution in [3.05, 3.63) is 64.2 Å². The number of Topliss-reactive ketones (excluding diaryl/α,β-unsaturated/α-hetero) is 1. The average molecular weight is 382 g/mol. The summed E-state index contributed by atoms with van der Waals surface area (Å²) in [5.74, 6) is -1.54. The molecule has 0 radical (unpaired) electrons.